The van der Waals surface area contributed by atoms with E-state index in [9.17, 15) is 4.79 Å². The minimum absolute atomic E-state index is 0.150. The lowest BCUT2D eigenvalue weighted by Gasteiger charge is -2.13. The first-order valence-corrected chi connectivity index (χ1v) is 9.29. The van der Waals surface area contributed by atoms with Gasteiger partial charge in [0, 0.05) is 19.2 Å². The first kappa shape index (κ1) is 18.1. The number of hydrogen-bond acceptors (Lipinski definition) is 4. The molecule has 1 aliphatic rings. The highest BCUT2D eigenvalue weighted by molar-refractivity contribution is 5.92. The average Bonchev–Trinajstić information content (AvgIpc) is 2.68. The monoisotopic (exact) mass is 350 g/mol. The van der Waals surface area contributed by atoms with Gasteiger partial charge in [0.15, 0.2) is 0 Å². The quantitative estimate of drug-likeness (QED) is 0.740. The maximum atomic E-state index is 12.3. The molecule has 0 aliphatic heterocycles. The fourth-order valence-corrected chi connectivity index (χ4v) is 3.13. The van der Waals surface area contributed by atoms with Crippen LogP contribution < -0.4 is 10.6 Å². The van der Waals surface area contributed by atoms with Crippen LogP contribution in [0, 0.1) is 6.92 Å². The minimum atomic E-state index is -0.150. The molecule has 1 amide bonds. The van der Waals surface area contributed by atoms with E-state index in [1.807, 2.05) is 12.1 Å². The van der Waals surface area contributed by atoms with Gasteiger partial charge in [0.2, 0.25) is 0 Å². The molecular weight excluding hydrogens is 324 g/mol. The summed E-state index contributed by atoms with van der Waals surface area (Å²) in [5.41, 5.74) is 4.28. The van der Waals surface area contributed by atoms with E-state index in [2.05, 4.69) is 45.7 Å². The zero-order valence-corrected chi connectivity index (χ0v) is 15.3. The molecule has 136 valence electrons. The van der Waals surface area contributed by atoms with Gasteiger partial charge in [-0.3, -0.25) is 4.79 Å². The highest BCUT2D eigenvalue weighted by Crippen LogP contribution is 2.19. The fourth-order valence-electron chi connectivity index (χ4n) is 3.13. The van der Waals surface area contributed by atoms with Gasteiger partial charge in [0.1, 0.15) is 17.8 Å². The molecule has 0 saturated heterocycles. The largest absolute Gasteiger partial charge is 0.366 e. The molecule has 0 atom stereocenters. The summed E-state index contributed by atoms with van der Waals surface area (Å²) < 4.78 is 0. The van der Waals surface area contributed by atoms with Crippen molar-refractivity contribution in [3.63, 3.8) is 0 Å². The number of benzene rings is 1. The summed E-state index contributed by atoms with van der Waals surface area (Å²) in [6, 6.07) is 9.90. The first-order valence-electron chi connectivity index (χ1n) is 9.29. The summed E-state index contributed by atoms with van der Waals surface area (Å²) in [7, 11) is 0. The van der Waals surface area contributed by atoms with E-state index in [0.29, 0.717) is 24.6 Å². The van der Waals surface area contributed by atoms with Crippen LogP contribution >= 0.6 is 0 Å². The molecule has 0 spiro atoms. The van der Waals surface area contributed by atoms with Gasteiger partial charge in [-0.25, -0.2) is 9.97 Å². The van der Waals surface area contributed by atoms with Crippen LogP contribution in [-0.2, 0) is 6.54 Å². The number of aromatic nitrogens is 2. The van der Waals surface area contributed by atoms with Crippen LogP contribution in [0.2, 0.25) is 0 Å². The van der Waals surface area contributed by atoms with Crippen molar-refractivity contribution in [1.82, 2.24) is 15.3 Å². The van der Waals surface area contributed by atoms with Crippen LogP contribution in [-0.4, -0.2) is 22.4 Å². The molecule has 1 aromatic heterocycles. The van der Waals surface area contributed by atoms with Gasteiger partial charge >= 0.3 is 0 Å². The summed E-state index contributed by atoms with van der Waals surface area (Å²) >= 11 is 0. The van der Waals surface area contributed by atoms with E-state index >= 15 is 0 Å². The van der Waals surface area contributed by atoms with Crippen LogP contribution in [0.1, 0.15) is 53.7 Å². The molecule has 0 bridgehead atoms. The zero-order valence-electron chi connectivity index (χ0n) is 15.3. The van der Waals surface area contributed by atoms with Crippen molar-refractivity contribution in [2.45, 2.75) is 45.6 Å². The first-order chi connectivity index (χ1) is 12.7. The van der Waals surface area contributed by atoms with Crippen molar-refractivity contribution in [3.05, 3.63) is 65.1 Å². The molecule has 0 unspecified atom stereocenters. The molecule has 26 heavy (non-hydrogen) atoms. The van der Waals surface area contributed by atoms with Crippen LogP contribution in [0.25, 0.3) is 0 Å². The summed E-state index contributed by atoms with van der Waals surface area (Å²) in [5.74, 6) is 0.506. The third kappa shape index (κ3) is 5.15. The third-order valence-electron chi connectivity index (χ3n) is 4.74. The van der Waals surface area contributed by atoms with Gasteiger partial charge < -0.3 is 10.6 Å². The maximum Gasteiger partial charge on any atom is 0.270 e. The standard InChI is InChI=1S/C21H26N4O/c1-16-7-5-6-10-18(16)14-23-20-13-19(24-15-25-20)21(26)22-12-11-17-8-3-2-4-9-17/h5-8,10,13,15H,2-4,9,11-12,14H2,1H3,(H,22,26)(H,23,24,25). The van der Waals surface area contributed by atoms with Gasteiger partial charge in [-0.1, -0.05) is 35.9 Å². The Hall–Kier alpha value is -2.69. The van der Waals surface area contributed by atoms with Crippen molar-refractivity contribution < 1.29 is 4.79 Å². The van der Waals surface area contributed by atoms with Crippen LogP contribution in [0.3, 0.4) is 0 Å². The number of hydrogen-bond donors (Lipinski definition) is 2. The topological polar surface area (TPSA) is 66.9 Å². The SMILES string of the molecule is Cc1ccccc1CNc1cc(C(=O)NCCC2=CCCCC2)ncn1. The molecule has 1 aromatic carbocycles. The number of allylic oxidation sites excluding steroid dienone is 1. The van der Waals surface area contributed by atoms with Gasteiger partial charge in [-0.2, -0.15) is 0 Å². The number of nitrogens with zero attached hydrogens (tertiary/aromatic N) is 2. The van der Waals surface area contributed by atoms with Crippen LogP contribution in [0.15, 0.2) is 48.3 Å². The fraction of sp³-hybridized carbons (Fsp3) is 0.381. The highest BCUT2D eigenvalue weighted by atomic mass is 16.1. The van der Waals surface area contributed by atoms with Crippen LogP contribution in [0.4, 0.5) is 5.82 Å². The van der Waals surface area contributed by atoms with Crippen molar-refractivity contribution in [1.29, 1.82) is 0 Å². The van der Waals surface area contributed by atoms with Gasteiger partial charge in [0.05, 0.1) is 0 Å². The van der Waals surface area contributed by atoms with Gasteiger partial charge in [-0.15, -0.1) is 0 Å². The maximum absolute atomic E-state index is 12.3. The van der Waals surface area contributed by atoms with Crippen molar-refractivity contribution in [2.75, 3.05) is 11.9 Å². The summed E-state index contributed by atoms with van der Waals surface area (Å²) in [5, 5.41) is 6.22. The van der Waals surface area contributed by atoms with Gasteiger partial charge in [0.25, 0.3) is 5.91 Å². The number of rotatable bonds is 7. The number of carbonyl (C=O) groups excluding carboxylic acids is 1. The minimum Gasteiger partial charge on any atom is -0.366 e. The second-order valence-electron chi connectivity index (χ2n) is 6.68. The van der Waals surface area contributed by atoms with Crippen molar-refractivity contribution >= 4 is 11.7 Å². The van der Waals surface area contributed by atoms with Crippen molar-refractivity contribution in [3.8, 4) is 0 Å². The van der Waals surface area contributed by atoms with E-state index in [-0.39, 0.29) is 5.91 Å². The van der Waals surface area contributed by atoms with E-state index in [0.717, 1.165) is 12.8 Å². The van der Waals surface area contributed by atoms with Crippen molar-refractivity contribution in [2.24, 2.45) is 0 Å². The van der Waals surface area contributed by atoms with Crippen LogP contribution in [0.5, 0.6) is 0 Å². The molecule has 5 heteroatoms. The summed E-state index contributed by atoms with van der Waals surface area (Å²) in [4.78, 5) is 20.6. The zero-order chi connectivity index (χ0) is 18.2. The Balaban J connectivity index is 1.52. The average molecular weight is 350 g/mol. The molecule has 5 nitrogen and oxygen atoms in total. The summed E-state index contributed by atoms with van der Waals surface area (Å²) in [6.45, 7) is 3.40. The second-order valence-corrected chi connectivity index (χ2v) is 6.68. The van der Waals surface area contributed by atoms with E-state index in [1.54, 1.807) is 6.07 Å². The lowest BCUT2D eigenvalue weighted by atomic mass is 9.97. The molecule has 2 aromatic rings. The van der Waals surface area contributed by atoms with E-state index < -0.39 is 0 Å². The van der Waals surface area contributed by atoms with Gasteiger partial charge in [-0.05, 0) is 50.2 Å². The normalized spacial score (nSPS) is 13.8. The lowest BCUT2D eigenvalue weighted by molar-refractivity contribution is 0.0949. The predicted octanol–water partition coefficient (Wildman–Crippen LogP) is 4.02. The molecule has 2 N–H and O–H groups in total. The van der Waals surface area contributed by atoms with E-state index in [4.69, 9.17) is 0 Å². The molecule has 0 radical (unpaired) electrons. The number of carbonyl (C=O) groups is 1. The molecule has 3 rings (SSSR count). The highest BCUT2D eigenvalue weighted by Gasteiger charge is 2.10. The predicted molar refractivity (Wildman–Crippen MR) is 104 cm³/mol. The molecule has 0 saturated carbocycles. The molecule has 0 fully saturated rings. The van der Waals surface area contributed by atoms with E-state index in [1.165, 1.54) is 42.3 Å². The Labute approximate surface area is 155 Å². The number of nitrogens with one attached hydrogen (secondary N) is 2. The Kier molecular flexibility index (Phi) is 6.36. The molecule has 1 aliphatic carbocycles. The molecular formula is C21H26N4O. The number of amides is 1. The number of aryl methyl sites for hydroxylation is 1. The second kappa shape index (κ2) is 9.13. The smallest absolute Gasteiger partial charge is 0.270 e. The lowest BCUT2D eigenvalue weighted by Crippen LogP contribution is -2.26. The molecule has 1 heterocycles. The Morgan fingerprint density at radius 3 is 2.88 bits per heavy atom. The third-order valence-corrected chi connectivity index (χ3v) is 4.74. The Morgan fingerprint density at radius 1 is 1.19 bits per heavy atom. The Morgan fingerprint density at radius 2 is 2.08 bits per heavy atom. The summed E-state index contributed by atoms with van der Waals surface area (Å²) in [6.07, 6.45) is 9.56. The Bertz CT molecular complexity index is 785. The number of anilines is 1.